The molecule has 0 radical (unpaired) electrons. The summed E-state index contributed by atoms with van der Waals surface area (Å²) in [5, 5.41) is 3.36. The zero-order valence-corrected chi connectivity index (χ0v) is 14.8. The normalized spacial score (nSPS) is 28.2. The molecule has 0 aromatic heterocycles. The van der Waals surface area contributed by atoms with E-state index in [2.05, 4.69) is 26.1 Å². The Kier molecular flexibility index (Phi) is 3.69. The van der Waals surface area contributed by atoms with E-state index in [1.807, 2.05) is 13.8 Å². The lowest BCUT2D eigenvalue weighted by atomic mass is 9.66. The van der Waals surface area contributed by atoms with Gasteiger partial charge in [-0.05, 0) is 43.9 Å². The molecule has 126 valence electrons. The molecule has 4 nitrogen and oxygen atoms in total. The number of hydrogen-bond acceptors (Lipinski definition) is 4. The van der Waals surface area contributed by atoms with Crippen LogP contribution in [0.2, 0.25) is 0 Å². The first kappa shape index (κ1) is 16.3. The van der Waals surface area contributed by atoms with Crippen LogP contribution in [0.5, 0.6) is 0 Å². The Bertz CT molecular complexity index is 635. The molecule has 3 aliphatic rings. The Balaban J connectivity index is 2.08. The molecule has 3 rings (SSSR count). The Morgan fingerprint density at radius 2 is 1.91 bits per heavy atom. The summed E-state index contributed by atoms with van der Waals surface area (Å²) in [6.45, 7) is 10.5. The third-order valence-corrected chi connectivity index (χ3v) is 5.47. The molecule has 0 aromatic carbocycles. The highest BCUT2D eigenvalue weighted by Crippen LogP contribution is 2.59. The fourth-order valence-corrected chi connectivity index (χ4v) is 4.10. The van der Waals surface area contributed by atoms with E-state index < -0.39 is 0 Å². The van der Waals surface area contributed by atoms with Crippen LogP contribution in [0.4, 0.5) is 0 Å². The molecule has 1 heterocycles. The number of nitrogens with one attached hydrogen (secondary N) is 1. The van der Waals surface area contributed by atoms with Gasteiger partial charge in [0.15, 0.2) is 5.78 Å². The highest BCUT2D eigenvalue weighted by molar-refractivity contribution is 6.02. The third kappa shape index (κ3) is 2.73. The Hall–Kier alpha value is -1.58. The standard InChI is InChI=1S/C19H27NO3/c1-6-23-17(22)14-11(2)20-12-9-18(3,4)10-13(21)15(12)16(14)19(5)7-8-19/h16,20H,6-10H2,1-5H3. The van der Waals surface area contributed by atoms with Gasteiger partial charge >= 0.3 is 5.97 Å². The van der Waals surface area contributed by atoms with Crippen LogP contribution < -0.4 is 5.32 Å². The number of dihydropyridines is 1. The Labute approximate surface area is 138 Å². The first-order valence-electron chi connectivity index (χ1n) is 8.60. The van der Waals surface area contributed by atoms with Gasteiger partial charge in [0.25, 0.3) is 0 Å². The highest BCUT2D eigenvalue weighted by Gasteiger charge is 2.54. The number of carbonyl (C=O) groups is 2. The van der Waals surface area contributed by atoms with Gasteiger partial charge in [-0.2, -0.15) is 0 Å². The molecule has 2 aliphatic carbocycles. The molecule has 23 heavy (non-hydrogen) atoms. The van der Waals surface area contributed by atoms with Crippen molar-refractivity contribution >= 4 is 11.8 Å². The second kappa shape index (κ2) is 5.22. The molecule has 0 saturated heterocycles. The maximum atomic E-state index is 12.9. The summed E-state index contributed by atoms with van der Waals surface area (Å²) < 4.78 is 5.29. The van der Waals surface area contributed by atoms with Crippen LogP contribution in [-0.2, 0) is 14.3 Å². The monoisotopic (exact) mass is 317 g/mol. The van der Waals surface area contributed by atoms with E-state index in [1.54, 1.807) is 0 Å². The number of hydrogen-bond donors (Lipinski definition) is 1. The predicted molar refractivity (Wildman–Crippen MR) is 88.3 cm³/mol. The van der Waals surface area contributed by atoms with Gasteiger partial charge in [0, 0.05) is 29.3 Å². The summed E-state index contributed by atoms with van der Waals surface area (Å²) in [5.41, 5.74) is 3.38. The zero-order chi connectivity index (χ0) is 17.0. The quantitative estimate of drug-likeness (QED) is 0.810. The lowest BCUT2D eigenvalue weighted by molar-refractivity contribution is -0.139. The van der Waals surface area contributed by atoms with Crippen molar-refractivity contribution in [3.8, 4) is 0 Å². The molecular formula is C19H27NO3. The molecule has 0 aromatic rings. The summed E-state index contributed by atoms with van der Waals surface area (Å²) in [5.74, 6) is -0.197. The number of rotatable bonds is 3. The summed E-state index contributed by atoms with van der Waals surface area (Å²) in [6, 6.07) is 0. The van der Waals surface area contributed by atoms with Crippen molar-refractivity contribution < 1.29 is 14.3 Å². The summed E-state index contributed by atoms with van der Waals surface area (Å²) >= 11 is 0. The molecule has 0 spiro atoms. The number of carbonyl (C=O) groups excluding carboxylic acids is 2. The lowest BCUT2D eigenvalue weighted by Crippen LogP contribution is -2.41. The minimum absolute atomic E-state index is 0.0170. The van der Waals surface area contributed by atoms with E-state index in [1.165, 1.54) is 0 Å². The summed E-state index contributed by atoms with van der Waals surface area (Å²) in [6.07, 6.45) is 3.52. The topological polar surface area (TPSA) is 55.4 Å². The van der Waals surface area contributed by atoms with Crippen LogP contribution in [0.15, 0.2) is 22.5 Å². The number of allylic oxidation sites excluding steroid dienone is 3. The number of esters is 1. The molecule has 1 unspecified atom stereocenters. The molecule has 1 atom stereocenters. The Morgan fingerprint density at radius 1 is 1.26 bits per heavy atom. The largest absolute Gasteiger partial charge is 0.463 e. The molecule has 1 fully saturated rings. The van der Waals surface area contributed by atoms with Crippen LogP contribution in [0.1, 0.15) is 60.3 Å². The van der Waals surface area contributed by atoms with Crippen molar-refractivity contribution in [2.24, 2.45) is 16.7 Å². The first-order valence-corrected chi connectivity index (χ1v) is 8.60. The van der Waals surface area contributed by atoms with E-state index in [0.717, 1.165) is 36.2 Å². The van der Waals surface area contributed by atoms with Gasteiger partial charge in [-0.15, -0.1) is 0 Å². The SMILES string of the molecule is CCOC(=O)C1=C(C)NC2=C(C(=O)CC(C)(C)C2)C1C1(C)CC1. The van der Waals surface area contributed by atoms with Crippen molar-refractivity contribution in [2.45, 2.75) is 60.3 Å². The highest BCUT2D eigenvalue weighted by atomic mass is 16.5. The van der Waals surface area contributed by atoms with E-state index in [9.17, 15) is 9.59 Å². The van der Waals surface area contributed by atoms with Crippen LogP contribution in [0.3, 0.4) is 0 Å². The van der Waals surface area contributed by atoms with Crippen molar-refractivity contribution in [1.29, 1.82) is 0 Å². The van der Waals surface area contributed by atoms with Crippen LogP contribution in [0, 0.1) is 16.7 Å². The van der Waals surface area contributed by atoms with Gasteiger partial charge in [0.2, 0.25) is 0 Å². The van der Waals surface area contributed by atoms with Crippen LogP contribution in [-0.4, -0.2) is 18.4 Å². The molecule has 4 heteroatoms. The Morgan fingerprint density at radius 3 is 2.48 bits per heavy atom. The second-order valence-electron chi connectivity index (χ2n) is 8.30. The molecule has 0 amide bonds. The molecule has 0 bridgehead atoms. The average Bonchev–Trinajstić information content (AvgIpc) is 3.14. The van der Waals surface area contributed by atoms with Gasteiger partial charge in [-0.3, -0.25) is 4.79 Å². The number of Topliss-reactive ketones (excluding diaryl/α,β-unsaturated/α-hetero) is 1. The lowest BCUT2D eigenvalue weighted by Gasteiger charge is -2.41. The van der Waals surface area contributed by atoms with Gasteiger partial charge in [0.05, 0.1) is 12.2 Å². The summed E-state index contributed by atoms with van der Waals surface area (Å²) in [4.78, 5) is 25.4. The van der Waals surface area contributed by atoms with Crippen molar-refractivity contribution in [2.75, 3.05) is 6.61 Å². The zero-order valence-electron chi connectivity index (χ0n) is 14.8. The molecular weight excluding hydrogens is 290 g/mol. The molecule has 1 N–H and O–H groups in total. The molecule has 1 saturated carbocycles. The van der Waals surface area contributed by atoms with Crippen LogP contribution >= 0.6 is 0 Å². The van der Waals surface area contributed by atoms with E-state index >= 15 is 0 Å². The fourth-order valence-electron chi connectivity index (χ4n) is 4.10. The minimum atomic E-state index is -0.278. The second-order valence-corrected chi connectivity index (χ2v) is 8.30. The van der Waals surface area contributed by atoms with Gasteiger partial charge in [0.1, 0.15) is 0 Å². The number of ether oxygens (including phenoxy) is 1. The van der Waals surface area contributed by atoms with Crippen LogP contribution in [0.25, 0.3) is 0 Å². The van der Waals surface area contributed by atoms with Gasteiger partial charge in [-0.25, -0.2) is 4.79 Å². The van der Waals surface area contributed by atoms with Gasteiger partial charge < -0.3 is 10.1 Å². The van der Waals surface area contributed by atoms with E-state index in [-0.39, 0.29) is 28.5 Å². The molecule has 1 aliphatic heterocycles. The first-order chi connectivity index (χ1) is 10.7. The summed E-state index contributed by atoms with van der Waals surface area (Å²) in [7, 11) is 0. The number of ketones is 1. The predicted octanol–water partition coefficient (Wildman–Crippen LogP) is 3.49. The smallest absolute Gasteiger partial charge is 0.336 e. The van der Waals surface area contributed by atoms with Crippen molar-refractivity contribution in [3.05, 3.63) is 22.5 Å². The van der Waals surface area contributed by atoms with Crippen molar-refractivity contribution in [3.63, 3.8) is 0 Å². The average molecular weight is 317 g/mol. The third-order valence-electron chi connectivity index (χ3n) is 5.47. The van der Waals surface area contributed by atoms with Gasteiger partial charge in [-0.1, -0.05) is 20.8 Å². The fraction of sp³-hybridized carbons (Fsp3) is 0.684. The minimum Gasteiger partial charge on any atom is -0.463 e. The maximum Gasteiger partial charge on any atom is 0.336 e. The van der Waals surface area contributed by atoms with E-state index in [0.29, 0.717) is 18.6 Å². The maximum absolute atomic E-state index is 12.9. The van der Waals surface area contributed by atoms with E-state index in [4.69, 9.17) is 4.74 Å². The van der Waals surface area contributed by atoms with Crippen molar-refractivity contribution in [1.82, 2.24) is 5.32 Å².